The number of hydrogen-bond acceptors (Lipinski definition) is 4. The average Bonchev–Trinajstić information content (AvgIpc) is 2.98. The van der Waals surface area contributed by atoms with Gasteiger partial charge in [-0.05, 0) is 40.5 Å². The summed E-state index contributed by atoms with van der Waals surface area (Å²) in [6, 6.07) is 1.99. The molecule has 3 N–H and O–H groups in total. The van der Waals surface area contributed by atoms with Gasteiger partial charge in [0.1, 0.15) is 6.54 Å². The van der Waals surface area contributed by atoms with E-state index in [1.165, 1.54) is 0 Å². The van der Waals surface area contributed by atoms with Crippen LogP contribution in [-0.4, -0.2) is 35.7 Å². The highest BCUT2D eigenvalue weighted by atomic mass is 127. The van der Waals surface area contributed by atoms with E-state index in [2.05, 4.69) is 39.9 Å². The number of aliphatic imine (C=N–C) groups is 1. The predicted molar refractivity (Wildman–Crippen MR) is 116 cm³/mol. The summed E-state index contributed by atoms with van der Waals surface area (Å²) in [6.07, 6.45) is 2.09. The van der Waals surface area contributed by atoms with Crippen molar-refractivity contribution in [2.45, 2.75) is 72.4 Å². The van der Waals surface area contributed by atoms with Crippen molar-refractivity contribution in [3.05, 3.63) is 17.5 Å². The van der Waals surface area contributed by atoms with Crippen molar-refractivity contribution in [3.8, 4) is 0 Å². The van der Waals surface area contributed by atoms with E-state index in [1.54, 1.807) is 0 Å². The monoisotopic (exact) mass is 479 g/mol. The molecule has 150 valence electrons. The van der Waals surface area contributed by atoms with Crippen molar-refractivity contribution < 1.29 is 9.32 Å². The van der Waals surface area contributed by atoms with Crippen molar-refractivity contribution in [1.29, 1.82) is 0 Å². The Labute approximate surface area is 174 Å². The summed E-state index contributed by atoms with van der Waals surface area (Å²) in [4.78, 5) is 16.2. The molecule has 0 bridgehead atoms. The fourth-order valence-electron chi connectivity index (χ4n) is 2.43. The van der Waals surface area contributed by atoms with Crippen LogP contribution < -0.4 is 16.0 Å². The lowest BCUT2D eigenvalue weighted by Gasteiger charge is -2.20. The number of aromatic nitrogens is 1. The first-order chi connectivity index (χ1) is 11.8. The summed E-state index contributed by atoms with van der Waals surface area (Å²) in [6.45, 7) is 13.4. The third-order valence-corrected chi connectivity index (χ3v) is 3.65. The van der Waals surface area contributed by atoms with Gasteiger partial charge in [0.15, 0.2) is 11.7 Å². The third-order valence-electron chi connectivity index (χ3n) is 3.65. The molecule has 0 atom stereocenters. The van der Waals surface area contributed by atoms with E-state index in [1.807, 2.05) is 33.8 Å². The summed E-state index contributed by atoms with van der Waals surface area (Å²) in [5, 5.41) is 13.3. The van der Waals surface area contributed by atoms with Crippen LogP contribution in [0.5, 0.6) is 0 Å². The number of carbonyl (C=O) groups excluding carboxylic acids is 1. The van der Waals surface area contributed by atoms with E-state index >= 15 is 0 Å². The topological polar surface area (TPSA) is 91.5 Å². The molecule has 8 heteroatoms. The lowest BCUT2D eigenvalue weighted by molar-refractivity contribution is -0.121. The van der Waals surface area contributed by atoms with Crippen molar-refractivity contribution in [2.24, 2.45) is 4.99 Å². The number of rotatable bonds is 8. The molecule has 0 unspecified atom stereocenters. The van der Waals surface area contributed by atoms with Crippen LogP contribution in [0.1, 0.15) is 71.8 Å². The number of nitrogens with zero attached hydrogens (tertiary/aromatic N) is 2. The zero-order valence-corrected chi connectivity index (χ0v) is 19.1. The van der Waals surface area contributed by atoms with E-state index in [4.69, 9.17) is 4.52 Å². The van der Waals surface area contributed by atoms with Gasteiger partial charge in [-0.3, -0.25) is 4.79 Å². The lowest BCUT2D eigenvalue weighted by atomic mass is 9.99. The Kier molecular flexibility index (Phi) is 11.5. The van der Waals surface area contributed by atoms with Crippen LogP contribution in [0.2, 0.25) is 0 Å². The van der Waals surface area contributed by atoms with Crippen LogP contribution >= 0.6 is 24.0 Å². The van der Waals surface area contributed by atoms with Gasteiger partial charge in [0.2, 0.25) is 5.91 Å². The van der Waals surface area contributed by atoms with Crippen LogP contribution in [-0.2, 0) is 11.3 Å². The molecule has 1 amide bonds. The minimum atomic E-state index is -0.260. The van der Waals surface area contributed by atoms with Crippen molar-refractivity contribution in [3.63, 3.8) is 0 Å². The van der Waals surface area contributed by atoms with Crippen LogP contribution in [0.25, 0.3) is 0 Å². The van der Waals surface area contributed by atoms with Gasteiger partial charge in [-0.15, -0.1) is 24.0 Å². The van der Waals surface area contributed by atoms with Crippen molar-refractivity contribution in [2.75, 3.05) is 13.1 Å². The highest BCUT2D eigenvalue weighted by Crippen LogP contribution is 2.22. The molecule has 1 heterocycles. The smallest absolute Gasteiger partial charge is 0.242 e. The molecule has 1 aromatic rings. The predicted octanol–water partition coefficient (Wildman–Crippen LogP) is 3.17. The number of amides is 1. The maximum absolute atomic E-state index is 11.9. The number of halogens is 1. The molecule has 1 rings (SSSR count). The van der Waals surface area contributed by atoms with Gasteiger partial charge >= 0.3 is 0 Å². The van der Waals surface area contributed by atoms with Gasteiger partial charge in [-0.1, -0.05) is 19.0 Å². The standard InChI is InChI=1S/C18H33N5O2.HI/c1-7-13(8-2)15-10-14(25-23-15)11-20-17(19-9-3)21-12-16(24)22-18(4,5)6;/h10,13H,7-9,11-12H2,1-6H3,(H,22,24)(H2,19,20,21);1H. The molecule has 0 aliphatic heterocycles. The first kappa shape index (κ1) is 24.7. The summed E-state index contributed by atoms with van der Waals surface area (Å²) in [5.41, 5.74) is 0.734. The molecule has 0 radical (unpaired) electrons. The first-order valence-electron chi connectivity index (χ1n) is 9.07. The molecule has 0 saturated heterocycles. The largest absolute Gasteiger partial charge is 0.359 e. The Hall–Kier alpha value is -1.32. The minimum Gasteiger partial charge on any atom is -0.359 e. The van der Waals surface area contributed by atoms with Crippen molar-refractivity contribution in [1.82, 2.24) is 21.1 Å². The quantitative estimate of drug-likeness (QED) is 0.303. The maximum atomic E-state index is 11.9. The molecular weight excluding hydrogens is 445 g/mol. The summed E-state index contributed by atoms with van der Waals surface area (Å²) in [5.74, 6) is 1.65. The van der Waals surface area contributed by atoms with Crippen LogP contribution in [0.15, 0.2) is 15.6 Å². The SMILES string of the molecule is CCNC(=NCC(=O)NC(C)(C)C)NCc1cc(C(CC)CC)no1.I. The molecule has 0 aliphatic rings. The van der Waals surface area contributed by atoms with Crippen LogP contribution in [0.3, 0.4) is 0 Å². The van der Waals surface area contributed by atoms with E-state index in [0.29, 0.717) is 25.0 Å². The number of nitrogens with one attached hydrogen (secondary N) is 3. The first-order valence-corrected chi connectivity index (χ1v) is 9.07. The number of carbonyl (C=O) groups is 1. The second kappa shape index (κ2) is 12.1. The van der Waals surface area contributed by atoms with Gasteiger partial charge in [-0.25, -0.2) is 4.99 Å². The summed E-state index contributed by atoms with van der Waals surface area (Å²) < 4.78 is 5.39. The average molecular weight is 479 g/mol. The normalized spacial score (nSPS) is 11.9. The van der Waals surface area contributed by atoms with Gasteiger partial charge in [-0.2, -0.15) is 0 Å². The molecule has 0 aliphatic carbocycles. The van der Waals surface area contributed by atoms with E-state index in [9.17, 15) is 4.79 Å². The number of guanidine groups is 1. The second-order valence-electron chi connectivity index (χ2n) is 7.08. The van der Waals surface area contributed by atoms with E-state index in [0.717, 1.165) is 24.3 Å². The molecule has 0 spiro atoms. The Morgan fingerprint density at radius 1 is 1.23 bits per heavy atom. The lowest BCUT2D eigenvalue weighted by Crippen LogP contribution is -2.43. The zero-order chi connectivity index (χ0) is 18.9. The Balaban J connectivity index is 0.00000625. The van der Waals surface area contributed by atoms with Crippen LogP contribution in [0.4, 0.5) is 0 Å². The molecule has 0 fully saturated rings. The molecule has 0 saturated carbocycles. The van der Waals surface area contributed by atoms with Gasteiger partial charge in [0.05, 0.1) is 12.2 Å². The highest BCUT2D eigenvalue weighted by Gasteiger charge is 2.14. The summed E-state index contributed by atoms with van der Waals surface area (Å²) in [7, 11) is 0. The van der Waals surface area contributed by atoms with E-state index in [-0.39, 0.29) is 42.0 Å². The summed E-state index contributed by atoms with van der Waals surface area (Å²) >= 11 is 0. The van der Waals surface area contributed by atoms with Gasteiger partial charge in [0, 0.05) is 24.1 Å². The van der Waals surface area contributed by atoms with Crippen molar-refractivity contribution >= 4 is 35.8 Å². The Morgan fingerprint density at radius 2 is 1.88 bits per heavy atom. The number of hydrogen-bond donors (Lipinski definition) is 3. The highest BCUT2D eigenvalue weighted by molar-refractivity contribution is 14.0. The third kappa shape index (κ3) is 9.40. The molecule has 7 nitrogen and oxygen atoms in total. The zero-order valence-electron chi connectivity index (χ0n) is 16.8. The Morgan fingerprint density at radius 3 is 2.42 bits per heavy atom. The van der Waals surface area contributed by atoms with E-state index < -0.39 is 0 Å². The second-order valence-corrected chi connectivity index (χ2v) is 7.08. The fraction of sp³-hybridized carbons (Fsp3) is 0.722. The fourth-order valence-corrected chi connectivity index (χ4v) is 2.43. The molecule has 26 heavy (non-hydrogen) atoms. The van der Waals surface area contributed by atoms with Gasteiger partial charge < -0.3 is 20.5 Å². The molecule has 0 aromatic carbocycles. The van der Waals surface area contributed by atoms with Gasteiger partial charge in [0.25, 0.3) is 0 Å². The molecular formula is C18H34IN5O2. The minimum absolute atomic E-state index is 0. The Bertz CT molecular complexity index is 562. The maximum Gasteiger partial charge on any atom is 0.242 e. The molecule has 1 aromatic heterocycles. The van der Waals surface area contributed by atoms with Crippen LogP contribution in [0, 0.1) is 0 Å².